The molecule has 0 bridgehead atoms. The van der Waals surface area contributed by atoms with Crippen LogP contribution in [0.15, 0.2) is 60.7 Å². The number of rotatable bonds is 5. The Bertz CT molecular complexity index is 696. The molecule has 0 aromatic heterocycles. The number of benzene rings is 2. The summed E-state index contributed by atoms with van der Waals surface area (Å²) < 4.78 is 0. The predicted octanol–water partition coefficient (Wildman–Crippen LogP) is 3.15. The van der Waals surface area contributed by atoms with Gasteiger partial charge in [0, 0.05) is 31.7 Å². The van der Waals surface area contributed by atoms with Crippen LogP contribution in [0.25, 0.3) is 0 Å². The normalized spacial score (nSPS) is 21.3. The van der Waals surface area contributed by atoms with E-state index < -0.39 is 0 Å². The van der Waals surface area contributed by atoms with Crippen LogP contribution in [0.2, 0.25) is 0 Å². The van der Waals surface area contributed by atoms with E-state index in [9.17, 15) is 4.79 Å². The van der Waals surface area contributed by atoms with Gasteiger partial charge in [0.05, 0.1) is 6.42 Å². The summed E-state index contributed by atoms with van der Waals surface area (Å²) in [5, 5.41) is 0. The van der Waals surface area contributed by atoms with Crippen molar-refractivity contribution in [3.8, 4) is 0 Å². The topological polar surface area (TPSA) is 23.6 Å². The highest BCUT2D eigenvalue weighted by Gasteiger charge is 2.37. The van der Waals surface area contributed by atoms with E-state index in [-0.39, 0.29) is 11.9 Å². The molecule has 0 spiro atoms. The molecule has 0 N–H and O–H groups in total. The van der Waals surface area contributed by atoms with Gasteiger partial charge < -0.3 is 4.90 Å². The maximum atomic E-state index is 13.0. The standard InChI is InChI=1S/C22H26N2O/c25-22(16-19-9-5-2-6-10-19)24-14-13-23(20-11-12-20)17-21(24)15-18-7-3-1-4-8-18/h1-10,20-21H,11-17H2. The Morgan fingerprint density at radius 3 is 2.16 bits per heavy atom. The van der Waals surface area contributed by atoms with Crippen LogP contribution in [0.3, 0.4) is 0 Å². The molecule has 1 saturated heterocycles. The van der Waals surface area contributed by atoms with Crippen molar-refractivity contribution in [3.63, 3.8) is 0 Å². The Hall–Kier alpha value is -2.13. The van der Waals surface area contributed by atoms with Gasteiger partial charge in [0.25, 0.3) is 0 Å². The van der Waals surface area contributed by atoms with Crippen LogP contribution < -0.4 is 0 Å². The van der Waals surface area contributed by atoms with Crippen molar-refractivity contribution in [1.82, 2.24) is 9.80 Å². The second-order valence-electron chi connectivity index (χ2n) is 7.32. The molecule has 1 saturated carbocycles. The van der Waals surface area contributed by atoms with Gasteiger partial charge in [-0.15, -0.1) is 0 Å². The number of carbonyl (C=O) groups is 1. The number of hydrogen-bond donors (Lipinski definition) is 0. The molecule has 3 nitrogen and oxygen atoms in total. The lowest BCUT2D eigenvalue weighted by atomic mass is 10.0. The first-order chi connectivity index (χ1) is 12.3. The largest absolute Gasteiger partial charge is 0.337 e. The van der Waals surface area contributed by atoms with Crippen molar-refractivity contribution >= 4 is 5.91 Å². The lowest BCUT2D eigenvalue weighted by Crippen LogP contribution is -2.56. The minimum absolute atomic E-state index is 0.266. The molecule has 0 radical (unpaired) electrons. The molecule has 1 heterocycles. The fourth-order valence-corrected chi connectivity index (χ4v) is 3.91. The van der Waals surface area contributed by atoms with Crippen LogP contribution in [-0.4, -0.2) is 47.4 Å². The van der Waals surface area contributed by atoms with Gasteiger partial charge >= 0.3 is 0 Å². The fourth-order valence-electron chi connectivity index (χ4n) is 3.91. The molecule has 130 valence electrons. The van der Waals surface area contributed by atoms with Crippen molar-refractivity contribution in [2.45, 2.75) is 37.8 Å². The van der Waals surface area contributed by atoms with Gasteiger partial charge in [0.15, 0.2) is 0 Å². The van der Waals surface area contributed by atoms with Crippen LogP contribution in [0.5, 0.6) is 0 Å². The Morgan fingerprint density at radius 2 is 1.52 bits per heavy atom. The Balaban J connectivity index is 1.48. The first kappa shape index (κ1) is 16.3. The average molecular weight is 334 g/mol. The molecule has 1 aliphatic carbocycles. The summed E-state index contributed by atoms with van der Waals surface area (Å²) in [4.78, 5) is 17.7. The van der Waals surface area contributed by atoms with E-state index in [2.05, 4.69) is 40.1 Å². The fraction of sp³-hybridized carbons (Fsp3) is 0.409. The van der Waals surface area contributed by atoms with Gasteiger partial charge in [0.2, 0.25) is 5.91 Å². The van der Waals surface area contributed by atoms with Gasteiger partial charge in [0.1, 0.15) is 0 Å². The second-order valence-corrected chi connectivity index (χ2v) is 7.32. The summed E-state index contributed by atoms with van der Waals surface area (Å²) in [5.74, 6) is 0.266. The lowest BCUT2D eigenvalue weighted by molar-refractivity contribution is -0.135. The van der Waals surface area contributed by atoms with Gasteiger partial charge in [-0.3, -0.25) is 9.69 Å². The maximum absolute atomic E-state index is 13.0. The van der Waals surface area contributed by atoms with Crippen LogP contribution >= 0.6 is 0 Å². The van der Waals surface area contributed by atoms with E-state index in [4.69, 9.17) is 0 Å². The van der Waals surface area contributed by atoms with E-state index in [1.807, 2.05) is 30.3 Å². The van der Waals surface area contributed by atoms with Crippen LogP contribution in [0.1, 0.15) is 24.0 Å². The minimum Gasteiger partial charge on any atom is -0.337 e. The molecular weight excluding hydrogens is 308 g/mol. The first-order valence-corrected chi connectivity index (χ1v) is 9.41. The van der Waals surface area contributed by atoms with Crippen LogP contribution in [-0.2, 0) is 17.6 Å². The number of piperazine rings is 1. The number of carbonyl (C=O) groups excluding carboxylic acids is 1. The third kappa shape index (κ3) is 4.10. The van der Waals surface area contributed by atoms with Crippen LogP contribution in [0, 0.1) is 0 Å². The van der Waals surface area contributed by atoms with Crippen molar-refractivity contribution in [3.05, 3.63) is 71.8 Å². The predicted molar refractivity (Wildman–Crippen MR) is 100 cm³/mol. The van der Waals surface area contributed by atoms with E-state index in [1.165, 1.54) is 18.4 Å². The highest BCUT2D eigenvalue weighted by Crippen LogP contribution is 2.29. The van der Waals surface area contributed by atoms with Gasteiger partial charge in [-0.2, -0.15) is 0 Å². The van der Waals surface area contributed by atoms with E-state index >= 15 is 0 Å². The third-order valence-electron chi connectivity index (χ3n) is 5.41. The molecule has 2 aromatic carbocycles. The molecule has 4 rings (SSSR count). The molecular formula is C22H26N2O. The minimum atomic E-state index is 0.266. The highest BCUT2D eigenvalue weighted by atomic mass is 16.2. The smallest absolute Gasteiger partial charge is 0.227 e. The van der Waals surface area contributed by atoms with Crippen LogP contribution in [0.4, 0.5) is 0 Å². The van der Waals surface area contributed by atoms with Crippen molar-refractivity contribution < 1.29 is 4.79 Å². The quantitative estimate of drug-likeness (QED) is 0.839. The van der Waals surface area contributed by atoms with Gasteiger partial charge in [-0.1, -0.05) is 60.7 Å². The summed E-state index contributed by atoms with van der Waals surface area (Å²) in [6, 6.07) is 21.8. The summed E-state index contributed by atoms with van der Waals surface area (Å²) >= 11 is 0. The van der Waals surface area contributed by atoms with E-state index in [0.717, 1.165) is 37.7 Å². The molecule has 1 unspecified atom stereocenters. The number of amides is 1. The lowest BCUT2D eigenvalue weighted by Gasteiger charge is -2.42. The molecule has 2 aromatic rings. The number of hydrogen-bond acceptors (Lipinski definition) is 2. The Labute approximate surface area is 150 Å². The molecule has 1 atom stereocenters. The maximum Gasteiger partial charge on any atom is 0.227 e. The summed E-state index contributed by atoms with van der Waals surface area (Å²) in [6.45, 7) is 2.90. The van der Waals surface area contributed by atoms with E-state index in [0.29, 0.717) is 6.42 Å². The molecule has 3 heteroatoms. The Kier molecular flexibility index (Phi) is 4.84. The number of nitrogens with zero attached hydrogens (tertiary/aromatic N) is 2. The summed E-state index contributed by atoms with van der Waals surface area (Å²) in [6.07, 6.45) is 4.12. The summed E-state index contributed by atoms with van der Waals surface area (Å²) in [7, 11) is 0. The average Bonchev–Trinajstić information content (AvgIpc) is 3.48. The first-order valence-electron chi connectivity index (χ1n) is 9.41. The molecule has 1 aliphatic heterocycles. The zero-order valence-corrected chi connectivity index (χ0v) is 14.7. The van der Waals surface area contributed by atoms with E-state index in [1.54, 1.807) is 0 Å². The molecule has 1 amide bonds. The van der Waals surface area contributed by atoms with Crippen molar-refractivity contribution in [1.29, 1.82) is 0 Å². The summed E-state index contributed by atoms with van der Waals surface area (Å²) in [5.41, 5.74) is 2.43. The highest BCUT2D eigenvalue weighted by molar-refractivity contribution is 5.79. The second kappa shape index (κ2) is 7.40. The van der Waals surface area contributed by atoms with Crippen molar-refractivity contribution in [2.75, 3.05) is 19.6 Å². The van der Waals surface area contributed by atoms with Gasteiger partial charge in [-0.25, -0.2) is 0 Å². The molecule has 25 heavy (non-hydrogen) atoms. The molecule has 2 fully saturated rings. The van der Waals surface area contributed by atoms with Gasteiger partial charge in [-0.05, 0) is 30.4 Å². The third-order valence-corrected chi connectivity index (χ3v) is 5.41. The molecule has 2 aliphatic rings. The SMILES string of the molecule is O=C(Cc1ccccc1)N1CCN(C2CC2)CC1Cc1ccccc1. The monoisotopic (exact) mass is 334 g/mol. The van der Waals surface area contributed by atoms with Crippen molar-refractivity contribution in [2.24, 2.45) is 0 Å². The zero-order chi connectivity index (χ0) is 17.1. The zero-order valence-electron chi connectivity index (χ0n) is 14.7. The Morgan fingerprint density at radius 1 is 0.880 bits per heavy atom.